The predicted molar refractivity (Wildman–Crippen MR) is 96.9 cm³/mol. The molecule has 1 atom stereocenters. The first-order valence-corrected chi connectivity index (χ1v) is 9.17. The standard InChI is InChI=1S/C19H16FN3O2S/c1-2-25-15-9-5-12(6-10-15)16-11-17(24)23-19(26-16)21-18(22-23)13-3-7-14(20)8-4-13/h3-10,16H,2,11H2,1H3/t16-/m1/s1. The average Bonchev–Trinajstić information content (AvgIpc) is 3.08. The van der Waals surface area contributed by atoms with Gasteiger partial charge in [0.15, 0.2) is 11.0 Å². The highest BCUT2D eigenvalue weighted by Gasteiger charge is 2.30. The molecule has 0 bridgehead atoms. The molecule has 0 saturated heterocycles. The monoisotopic (exact) mass is 369 g/mol. The number of carbonyl (C=O) groups excluding carboxylic acids is 1. The van der Waals surface area contributed by atoms with Gasteiger partial charge in [-0.3, -0.25) is 4.79 Å². The van der Waals surface area contributed by atoms with Crippen LogP contribution < -0.4 is 4.74 Å². The number of carbonyl (C=O) groups is 1. The van der Waals surface area contributed by atoms with Gasteiger partial charge in [-0.25, -0.2) is 9.37 Å². The second-order valence-electron chi connectivity index (χ2n) is 5.84. The summed E-state index contributed by atoms with van der Waals surface area (Å²) >= 11 is 1.51. The summed E-state index contributed by atoms with van der Waals surface area (Å²) in [7, 11) is 0. The molecule has 0 fully saturated rings. The molecule has 0 amide bonds. The molecule has 0 N–H and O–H groups in total. The van der Waals surface area contributed by atoms with Gasteiger partial charge in [-0.2, -0.15) is 4.68 Å². The van der Waals surface area contributed by atoms with Gasteiger partial charge in [-0.05, 0) is 48.9 Å². The number of rotatable bonds is 4. The van der Waals surface area contributed by atoms with Crippen LogP contribution in [0.1, 0.15) is 29.0 Å². The number of thioether (sulfide) groups is 1. The zero-order valence-corrected chi connectivity index (χ0v) is 14.9. The predicted octanol–water partition coefficient (Wildman–Crippen LogP) is 4.36. The summed E-state index contributed by atoms with van der Waals surface area (Å²) in [6.45, 7) is 2.56. The fourth-order valence-corrected chi connectivity index (χ4v) is 3.96. The molecule has 0 unspecified atom stereocenters. The Morgan fingerprint density at radius 1 is 1.19 bits per heavy atom. The molecule has 1 aliphatic heterocycles. The van der Waals surface area contributed by atoms with Crippen LogP contribution >= 0.6 is 11.8 Å². The number of benzene rings is 2. The lowest BCUT2D eigenvalue weighted by Gasteiger charge is -2.20. The molecular weight excluding hydrogens is 353 g/mol. The van der Waals surface area contributed by atoms with E-state index in [1.807, 2.05) is 31.2 Å². The Kier molecular flexibility index (Phi) is 4.46. The number of aromatic nitrogens is 3. The third-order valence-electron chi connectivity index (χ3n) is 4.09. The number of ether oxygens (including phenoxy) is 1. The summed E-state index contributed by atoms with van der Waals surface area (Å²) in [4.78, 5) is 17.0. The fraction of sp³-hybridized carbons (Fsp3) is 0.211. The Morgan fingerprint density at radius 3 is 2.62 bits per heavy atom. The van der Waals surface area contributed by atoms with Gasteiger partial charge in [-0.15, -0.1) is 5.10 Å². The zero-order valence-electron chi connectivity index (χ0n) is 14.1. The summed E-state index contributed by atoms with van der Waals surface area (Å²) in [6.07, 6.45) is 0.345. The van der Waals surface area contributed by atoms with Gasteiger partial charge in [0, 0.05) is 17.2 Å². The Bertz CT molecular complexity index is 938. The van der Waals surface area contributed by atoms with Gasteiger partial charge in [0.25, 0.3) is 5.91 Å². The second kappa shape index (κ2) is 6.92. The Balaban J connectivity index is 1.60. The molecule has 0 radical (unpaired) electrons. The van der Waals surface area contributed by atoms with Crippen molar-refractivity contribution in [1.82, 2.24) is 14.8 Å². The first-order valence-electron chi connectivity index (χ1n) is 8.29. The molecule has 26 heavy (non-hydrogen) atoms. The fourth-order valence-electron chi connectivity index (χ4n) is 2.80. The quantitative estimate of drug-likeness (QED) is 0.684. The largest absolute Gasteiger partial charge is 0.494 e. The minimum Gasteiger partial charge on any atom is -0.494 e. The Hall–Kier alpha value is -2.67. The van der Waals surface area contributed by atoms with Crippen LogP contribution in [0.5, 0.6) is 5.75 Å². The highest BCUT2D eigenvalue weighted by molar-refractivity contribution is 7.99. The minimum atomic E-state index is -0.321. The molecule has 5 nitrogen and oxygen atoms in total. The number of hydrogen-bond donors (Lipinski definition) is 0. The molecule has 2 aromatic carbocycles. The number of nitrogens with zero attached hydrogens (tertiary/aromatic N) is 3. The van der Waals surface area contributed by atoms with Crippen molar-refractivity contribution in [1.29, 1.82) is 0 Å². The molecule has 3 aromatic rings. The minimum absolute atomic E-state index is 0.0176. The van der Waals surface area contributed by atoms with Crippen molar-refractivity contribution < 1.29 is 13.9 Å². The van der Waals surface area contributed by atoms with E-state index in [4.69, 9.17) is 4.74 Å². The van der Waals surface area contributed by atoms with E-state index in [2.05, 4.69) is 10.1 Å². The molecule has 0 aliphatic carbocycles. The smallest absolute Gasteiger partial charge is 0.250 e. The van der Waals surface area contributed by atoms with Crippen LogP contribution in [-0.2, 0) is 0 Å². The van der Waals surface area contributed by atoms with E-state index in [0.29, 0.717) is 29.6 Å². The van der Waals surface area contributed by atoms with Gasteiger partial charge < -0.3 is 4.74 Å². The first kappa shape index (κ1) is 16.8. The zero-order chi connectivity index (χ0) is 18.1. The first-order chi connectivity index (χ1) is 12.6. The van der Waals surface area contributed by atoms with E-state index < -0.39 is 0 Å². The van der Waals surface area contributed by atoms with Crippen molar-refractivity contribution in [3.8, 4) is 17.1 Å². The van der Waals surface area contributed by atoms with Crippen LogP contribution in [0.4, 0.5) is 4.39 Å². The van der Waals surface area contributed by atoms with Gasteiger partial charge >= 0.3 is 0 Å². The van der Waals surface area contributed by atoms with Crippen molar-refractivity contribution in [2.24, 2.45) is 0 Å². The van der Waals surface area contributed by atoms with E-state index in [1.165, 1.54) is 28.6 Å². The molecule has 1 aliphatic rings. The van der Waals surface area contributed by atoms with Crippen molar-refractivity contribution in [3.05, 3.63) is 59.9 Å². The Labute approximate surface area is 154 Å². The lowest BCUT2D eigenvalue weighted by Crippen LogP contribution is -2.20. The highest BCUT2D eigenvalue weighted by atomic mass is 32.2. The number of hydrogen-bond acceptors (Lipinski definition) is 5. The molecule has 4 rings (SSSR count). The maximum Gasteiger partial charge on any atom is 0.250 e. The van der Waals surface area contributed by atoms with Gasteiger partial charge in [0.1, 0.15) is 11.6 Å². The summed E-state index contributed by atoms with van der Waals surface area (Å²) in [5.41, 5.74) is 1.73. The molecule has 132 valence electrons. The van der Waals surface area contributed by atoms with E-state index in [9.17, 15) is 9.18 Å². The maximum atomic E-state index is 13.1. The van der Waals surface area contributed by atoms with Crippen molar-refractivity contribution in [2.75, 3.05) is 6.61 Å². The van der Waals surface area contributed by atoms with E-state index in [0.717, 1.165) is 11.3 Å². The number of halogens is 1. The van der Waals surface area contributed by atoms with Crippen LogP contribution in [0.2, 0.25) is 0 Å². The van der Waals surface area contributed by atoms with E-state index in [1.54, 1.807) is 12.1 Å². The van der Waals surface area contributed by atoms with Crippen molar-refractivity contribution >= 4 is 17.7 Å². The molecule has 0 saturated carbocycles. The molecule has 2 heterocycles. The van der Waals surface area contributed by atoms with Crippen LogP contribution in [0, 0.1) is 5.82 Å². The summed E-state index contributed by atoms with van der Waals surface area (Å²) < 4.78 is 19.9. The SMILES string of the molecule is CCOc1ccc([C@H]2CC(=O)n3nc(-c4ccc(F)cc4)nc3S2)cc1. The molecular formula is C19H16FN3O2S. The normalized spacial score (nSPS) is 16.4. The number of fused-ring (bicyclic) bond motifs is 1. The van der Waals surface area contributed by atoms with Crippen molar-refractivity contribution in [3.63, 3.8) is 0 Å². The third-order valence-corrected chi connectivity index (χ3v) is 5.29. The van der Waals surface area contributed by atoms with Gasteiger partial charge in [0.2, 0.25) is 0 Å². The van der Waals surface area contributed by atoms with Crippen LogP contribution in [0.3, 0.4) is 0 Å². The van der Waals surface area contributed by atoms with E-state index in [-0.39, 0.29) is 17.0 Å². The lowest BCUT2D eigenvalue weighted by molar-refractivity contribution is 0.0868. The summed E-state index contributed by atoms with van der Waals surface area (Å²) in [5.74, 6) is 0.815. The van der Waals surface area contributed by atoms with E-state index >= 15 is 0 Å². The topological polar surface area (TPSA) is 57.0 Å². The second-order valence-corrected chi connectivity index (χ2v) is 7.01. The third kappa shape index (κ3) is 3.22. The van der Waals surface area contributed by atoms with Gasteiger partial charge in [-0.1, -0.05) is 23.9 Å². The molecule has 0 spiro atoms. The van der Waals surface area contributed by atoms with Crippen molar-refractivity contribution in [2.45, 2.75) is 23.8 Å². The summed E-state index contributed by atoms with van der Waals surface area (Å²) in [6, 6.07) is 13.7. The highest BCUT2D eigenvalue weighted by Crippen LogP contribution is 2.41. The van der Waals surface area contributed by atoms with Crippen LogP contribution in [0.25, 0.3) is 11.4 Å². The summed E-state index contributed by atoms with van der Waals surface area (Å²) in [5, 5.41) is 4.83. The van der Waals surface area contributed by atoms with Crippen LogP contribution in [0.15, 0.2) is 53.7 Å². The average molecular weight is 369 g/mol. The Morgan fingerprint density at radius 2 is 1.92 bits per heavy atom. The van der Waals surface area contributed by atoms with Gasteiger partial charge in [0.05, 0.1) is 6.61 Å². The lowest BCUT2D eigenvalue weighted by atomic mass is 10.1. The maximum absolute atomic E-state index is 13.1. The van der Waals surface area contributed by atoms with Crippen LogP contribution in [-0.4, -0.2) is 27.3 Å². The molecule has 7 heteroatoms. The molecule has 1 aromatic heterocycles.